The average molecular weight is 476 g/mol. The second-order valence-electron chi connectivity index (χ2n) is 5.70. The molecule has 0 saturated heterocycles. The Balaban J connectivity index is 1.70. The van der Waals surface area contributed by atoms with Gasteiger partial charge in [-0.3, -0.25) is 9.78 Å². The predicted molar refractivity (Wildman–Crippen MR) is 114 cm³/mol. The van der Waals surface area contributed by atoms with E-state index in [-0.39, 0.29) is 12.3 Å². The normalized spacial score (nSPS) is 10.7. The summed E-state index contributed by atoms with van der Waals surface area (Å²) in [5.41, 5.74) is 4.13. The van der Waals surface area contributed by atoms with E-state index >= 15 is 0 Å². The smallest absolute Gasteiger partial charge is 0.291 e. The Labute approximate surface area is 180 Å². The Morgan fingerprint density at radius 3 is 2.86 bits per heavy atom. The van der Waals surface area contributed by atoms with E-state index in [0.29, 0.717) is 26.6 Å². The van der Waals surface area contributed by atoms with Crippen molar-refractivity contribution in [1.29, 1.82) is 0 Å². The number of aromatic nitrogens is 2. The zero-order valence-corrected chi connectivity index (χ0v) is 17.6. The Morgan fingerprint density at radius 2 is 2.14 bits per heavy atom. The lowest BCUT2D eigenvalue weighted by atomic mass is 10.2. The van der Waals surface area contributed by atoms with Crippen LogP contribution in [0.15, 0.2) is 64.6 Å². The molecule has 0 aliphatic rings. The van der Waals surface area contributed by atoms with Gasteiger partial charge in [0.1, 0.15) is 12.3 Å². The van der Waals surface area contributed by atoms with Crippen molar-refractivity contribution in [2.45, 2.75) is 6.61 Å². The van der Waals surface area contributed by atoms with Gasteiger partial charge in [-0.15, -0.1) is 0 Å². The molecule has 0 unspecified atom stereocenters. The van der Waals surface area contributed by atoms with Crippen LogP contribution in [0.4, 0.5) is 0 Å². The number of nitrogens with one attached hydrogen (secondary N) is 1. The summed E-state index contributed by atoms with van der Waals surface area (Å²) in [6.07, 6.45) is 5.76. The van der Waals surface area contributed by atoms with Gasteiger partial charge < -0.3 is 9.47 Å². The fourth-order valence-corrected chi connectivity index (χ4v) is 3.12. The lowest BCUT2D eigenvalue weighted by molar-refractivity contribution is 0.0949. The van der Waals surface area contributed by atoms with Gasteiger partial charge in [-0.25, -0.2) is 10.4 Å². The maximum Gasteiger partial charge on any atom is 0.291 e. The lowest BCUT2D eigenvalue weighted by Crippen LogP contribution is -2.19. The first kappa shape index (κ1) is 20.8. The third kappa shape index (κ3) is 5.52. The number of carbonyl (C=O) groups is 1. The zero-order chi connectivity index (χ0) is 20.6. The number of ether oxygens (including phenoxy) is 2. The number of amides is 1. The van der Waals surface area contributed by atoms with E-state index in [1.165, 1.54) is 24.8 Å². The van der Waals surface area contributed by atoms with Crippen LogP contribution in [0.3, 0.4) is 0 Å². The molecule has 29 heavy (non-hydrogen) atoms. The van der Waals surface area contributed by atoms with Crippen LogP contribution in [0.2, 0.25) is 5.02 Å². The second kappa shape index (κ2) is 9.99. The maximum atomic E-state index is 11.9. The summed E-state index contributed by atoms with van der Waals surface area (Å²) >= 11 is 9.66. The molecule has 7 nitrogen and oxygen atoms in total. The quantitative estimate of drug-likeness (QED) is 0.408. The summed E-state index contributed by atoms with van der Waals surface area (Å²) in [5.74, 6) is 0.585. The number of nitrogens with zero attached hydrogens (tertiary/aromatic N) is 3. The molecule has 9 heteroatoms. The first-order valence-electron chi connectivity index (χ1n) is 8.41. The molecule has 148 valence electrons. The predicted octanol–water partition coefficient (Wildman–Crippen LogP) is 4.24. The summed E-state index contributed by atoms with van der Waals surface area (Å²) in [7, 11) is 1.54. The average Bonchev–Trinajstić information content (AvgIpc) is 2.74. The van der Waals surface area contributed by atoms with E-state index < -0.39 is 5.91 Å². The minimum atomic E-state index is -0.458. The molecule has 0 bridgehead atoms. The van der Waals surface area contributed by atoms with Gasteiger partial charge in [0.15, 0.2) is 11.5 Å². The molecule has 1 heterocycles. The first-order valence-corrected chi connectivity index (χ1v) is 9.58. The van der Waals surface area contributed by atoms with Crippen LogP contribution in [0.25, 0.3) is 0 Å². The Morgan fingerprint density at radius 1 is 1.31 bits per heavy atom. The Bertz CT molecular complexity index is 1030. The molecule has 0 radical (unpaired) electrons. The van der Waals surface area contributed by atoms with E-state index in [0.717, 1.165) is 5.56 Å². The second-order valence-corrected chi connectivity index (χ2v) is 6.97. The van der Waals surface area contributed by atoms with Crippen LogP contribution in [0.1, 0.15) is 21.6 Å². The largest absolute Gasteiger partial charge is 0.493 e. The molecule has 1 aromatic heterocycles. The topological polar surface area (TPSA) is 85.7 Å². The van der Waals surface area contributed by atoms with Crippen LogP contribution in [-0.4, -0.2) is 29.2 Å². The summed E-state index contributed by atoms with van der Waals surface area (Å²) in [4.78, 5) is 19.7. The van der Waals surface area contributed by atoms with Crippen molar-refractivity contribution in [2.24, 2.45) is 5.10 Å². The van der Waals surface area contributed by atoms with Crippen LogP contribution in [0.5, 0.6) is 11.5 Å². The summed E-state index contributed by atoms with van der Waals surface area (Å²) in [5, 5.41) is 4.57. The molecule has 3 aromatic rings. The SMILES string of the molecule is COc1cc(C=NNC(=O)c2cnccn2)cc(Br)c1OCc1ccccc1Cl. The number of hydrazone groups is 1. The molecule has 0 aliphatic heterocycles. The molecule has 1 amide bonds. The van der Waals surface area contributed by atoms with Crippen molar-refractivity contribution in [3.05, 3.63) is 81.3 Å². The van der Waals surface area contributed by atoms with E-state index in [4.69, 9.17) is 21.1 Å². The van der Waals surface area contributed by atoms with Crippen LogP contribution in [-0.2, 0) is 6.61 Å². The van der Waals surface area contributed by atoms with Gasteiger partial charge in [0.25, 0.3) is 5.91 Å². The van der Waals surface area contributed by atoms with E-state index in [2.05, 4.69) is 36.4 Å². The van der Waals surface area contributed by atoms with Crippen molar-refractivity contribution in [2.75, 3.05) is 7.11 Å². The van der Waals surface area contributed by atoms with E-state index in [1.54, 1.807) is 25.3 Å². The number of halogens is 2. The number of carbonyl (C=O) groups excluding carboxylic acids is 1. The molecule has 0 aliphatic carbocycles. The van der Waals surface area contributed by atoms with E-state index in [9.17, 15) is 4.79 Å². The highest BCUT2D eigenvalue weighted by molar-refractivity contribution is 9.10. The summed E-state index contributed by atoms with van der Waals surface area (Å²) in [6.45, 7) is 0.288. The molecule has 0 atom stereocenters. The fourth-order valence-electron chi connectivity index (χ4n) is 2.36. The molecule has 1 N–H and O–H groups in total. The third-order valence-corrected chi connectivity index (χ3v) is 4.71. The van der Waals surface area contributed by atoms with Gasteiger partial charge in [-0.2, -0.15) is 5.10 Å². The minimum Gasteiger partial charge on any atom is -0.493 e. The molecule has 2 aromatic carbocycles. The monoisotopic (exact) mass is 474 g/mol. The van der Waals surface area contributed by atoms with Crippen molar-refractivity contribution < 1.29 is 14.3 Å². The fraction of sp³-hybridized carbons (Fsp3) is 0.100. The van der Waals surface area contributed by atoms with Gasteiger partial charge in [0, 0.05) is 23.0 Å². The van der Waals surface area contributed by atoms with Gasteiger partial charge in [-0.05, 0) is 39.7 Å². The van der Waals surface area contributed by atoms with Gasteiger partial charge in [-0.1, -0.05) is 29.8 Å². The molecule has 0 saturated carbocycles. The van der Waals surface area contributed by atoms with Crippen LogP contribution in [0, 0.1) is 0 Å². The summed E-state index contributed by atoms with van der Waals surface area (Å²) < 4.78 is 12.0. The highest BCUT2D eigenvalue weighted by Crippen LogP contribution is 2.37. The van der Waals surface area contributed by atoms with Crippen molar-refractivity contribution in [3.63, 3.8) is 0 Å². The Hall–Kier alpha value is -2.97. The maximum absolute atomic E-state index is 11.9. The first-order chi connectivity index (χ1) is 14.1. The molecule has 0 spiro atoms. The number of hydrogen-bond donors (Lipinski definition) is 1. The Kier molecular flexibility index (Phi) is 7.15. The highest BCUT2D eigenvalue weighted by atomic mass is 79.9. The summed E-state index contributed by atoms with van der Waals surface area (Å²) in [6, 6.07) is 11.0. The number of rotatable bonds is 7. The number of hydrogen-bond acceptors (Lipinski definition) is 6. The molecular formula is C20H16BrClN4O3. The third-order valence-electron chi connectivity index (χ3n) is 3.76. The lowest BCUT2D eigenvalue weighted by Gasteiger charge is -2.14. The van der Waals surface area contributed by atoms with Crippen molar-refractivity contribution in [3.8, 4) is 11.5 Å². The van der Waals surface area contributed by atoms with Crippen LogP contribution < -0.4 is 14.9 Å². The van der Waals surface area contributed by atoms with Crippen LogP contribution >= 0.6 is 27.5 Å². The molecule has 3 rings (SSSR count). The van der Waals surface area contributed by atoms with E-state index in [1.807, 2.05) is 18.2 Å². The molecule has 0 fully saturated rings. The number of benzene rings is 2. The van der Waals surface area contributed by atoms with Crippen molar-refractivity contribution >= 4 is 39.7 Å². The number of methoxy groups -OCH3 is 1. The van der Waals surface area contributed by atoms with Gasteiger partial charge >= 0.3 is 0 Å². The van der Waals surface area contributed by atoms with Gasteiger partial charge in [0.05, 0.1) is 24.0 Å². The van der Waals surface area contributed by atoms with Crippen molar-refractivity contribution in [1.82, 2.24) is 15.4 Å². The zero-order valence-electron chi connectivity index (χ0n) is 15.3. The minimum absolute atomic E-state index is 0.173. The standard InChI is InChI=1S/C20H16BrClN4O3/c1-28-18-9-13(10-25-26-20(27)17-11-23-6-7-24-17)8-15(21)19(18)29-12-14-4-2-3-5-16(14)22/h2-11H,12H2,1H3,(H,26,27). The van der Waals surface area contributed by atoms with Gasteiger partial charge in [0.2, 0.25) is 0 Å². The highest BCUT2D eigenvalue weighted by Gasteiger charge is 2.12. The molecular weight excluding hydrogens is 460 g/mol.